The highest BCUT2D eigenvalue weighted by Gasteiger charge is 2.48. The van der Waals surface area contributed by atoms with Crippen LogP contribution in [0.2, 0.25) is 5.02 Å². The van der Waals surface area contributed by atoms with E-state index in [2.05, 4.69) is 0 Å². The molecule has 4 rings (SSSR count). The molecule has 2 heterocycles. The number of amides is 1. The van der Waals surface area contributed by atoms with Gasteiger partial charge in [-0.1, -0.05) is 17.7 Å². The molecular weight excluding hydrogens is 406 g/mol. The number of aryl methyl sites for hydroxylation is 1. The van der Waals surface area contributed by atoms with Crippen molar-refractivity contribution in [3.63, 3.8) is 0 Å². The summed E-state index contributed by atoms with van der Waals surface area (Å²) in [5.41, 5.74) is 0.755. The minimum absolute atomic E-state index is 0.0560. The molecule has 1 unspecified atom stereocenters. The van der Waals surface area contributed by atoms with Crippen molar-refractivity contribution in [3.8, 4) is 5.75 Å². The van der Waals surface area contributed by atoms with Gasteiger partial charge in [0.15, 0.2) is 0 Å². The first-order chi connectivity index (χ1) is 14.4. The molecule has 1 saturated heterocycles. The lowest BCUT2D eigenvalue weighted by atomic mass is 9.99. The van der Waals surface area contributed by atoms with Crippen LogP contribution in [0.15, 0.2) is 70.7 Å². The molecule has 1 amide bonds. The highest BCUT2D eigenvalue weighted by Crippen LogP contribution is 2.43. The molecule has 1 N–H and O–H groups in total. The van der Waals surface area contributed by atoms with Crippen LogP contribution in [0, 0.1) is 6.92 Å². The molecule has 1 fully saturated rings. The van der Waals surface area contributed by atoms with E-state index in [0.29, 0.717) is 33.5 Å². The number of benzene rings is 2. The number of aliphatic hydroxyl groups is 1. The number of hydrogen-bond acceptors (Lipinski definition) is 5. The third-order valence-electron chi connectivity index (χ3n) is 4.92. The first kappa shape index (κ1) is 19.8. The van der Waals surface area contributed by atoms with E-state index in [0.717, 1.165) is 0 Å². The summed E-state index contributed by atoms with van der Waals surface area (Å²) in [5.74, 6) is -0.287. The molecule has 3 aromatic rings. The van der Waals surface area contributed by atoms with E-state index in [1.54, 1.807) is 67.6 Å². The average molecular weight is 424 g/mol. The molecule has 1 aromatic heterocycles. The van der Waals surface area contributed by atoms with Crippen LogP contribution in [-0.2, 0) is 9.59 Å². The highest BCUT2D eigenvalue weighted by molar-refractivity contribution is 6.51. The summed E-state index contributed by atoms with van der Waals surface area (Å²) in [6, 6.07) is 15.7. The largest absolute Gasteiger partial charge is 0.507 e. The van der Waals surface area contributed by atoms with Crippen LogP contribution in [-0.4, -0.2) is 23.9 Å². The van der Waals surface area contributed by atoms with Gasteiger partial charge in [0.25, 0.3) is 11.7 Å². The molecule has 152 valence electrons. The van der Waals surface area contributed by atoms with Gasteiger partial charge in [-0.2, -0.15) is 0 Å². The molecule has 2 aromatic carbocycles. The SMILES string of the molecule is COc1ccc(/C(O)=C2/C(=O)C(=O)N(c3cccc(Cl)c3)C2c2ccc(C)o2)cc1. The second-order valence-electron chi connectivity index (χ2n) is 6.83. The van der Waals surface area contributed by atoms with Crippen molar-refractivity contribution in [2.75, 3.05) is 12.0 Å². The molecular formula is C23H18ClNO5. The maximum atomic E-state index is 13.0. The van der Waals surface area contributed by atoms with Crippen LogP contribution in [0.3, 0.4) is 0 Å². The van der Waals surface area contributed by atoms with Gasteiger partial charge in [0.1, 0.15) is 29.1 Å². The van der Waals surface area contributed by atoms with Gasteiger partial charge in [0, 0.05) is 16.3 Å². The van der Waals surface area contributed by atoms with Gasteiger partial charge in [-0.25, -0.2) is 0 Å². The van der Waals surface area contributed by atoms with Gasteiger partial charge < -0.3 is 14.3 Å². The summed E-state index contributed by atoms with van der Waals surface area (Å²) >= 11 is 6.11. The molecule has 0 spiro atoms. The van der Waals surface area contributed by atoms with E-state index < -0.39 is 17.7 Å². The molecule has 0 radical (unpaired) electrons. The summed E-state index contributed by atoms with van der Waals surface area (Å²) in [7, 11) is 1.53. The number of Topliss-reactive ketones (excluding diaryl/α,β-unsaturated/α-hetero) is 1. The Bertz CT molecular complexity index is 1160. The fourth-order valence-electron chi connectivity index (χ4n) is 3.50. The van der Waals surface area contributed by atoms with Crippen molar-refractivity contribution >= 4 is 34.7 Å². The van der Waals surface area contributed by atoms with Crippen LogP contribution in [0.4, 0.5) is 5.69 Å². The van der Waals surface area contributed by atoms with E-state index in [1.807, 2.05) is 0 Å². The number of carbonyl (C=O) groups excluding carboxylic acids is 2. The number of furan rings is 1. The standard InChI is InChI=1S/C23H18ClNO5/c1-13-6-11-18(30-13)20-19(21(26)14-7-9-17(29-2)10-8-14)22(27)23(28)25(20)16-5-3-4-15(24)12-16/h3-12,20,26H,1-2H3/b21-19-. The van der Waals surface area contributed by atoms with E-state index in [4.69, 9.17) is 20.8 Å². The first-order valence-electron chi connectivity index (χ1n) is 9.18. The fraction of sp³-hybridized carbons (Fsp3) is 0.130. The van der Waals surface area contributed by atoms with Crippen molar-refractivity contribution in [1.82, 2.24) is 0 Å². The van der Waals surface area contributed by atoms with Gasteiger partial charge >= 0.3 is 0 Å². The average Bonchev–Trinajstić information content (AvgIpc) is 3.28. The molecule has 7 heteroatoms. The third kappa shape index (κ3) is 3.35. The minimum atomic E-state index is -0.931. The number of nitrogens with zero attached hydrogens (tertiary/aromatic N) is 1. The van der Waals surface area contributed by atoms with Gasteiger partial charge in [-0.05, 0) is 61.5 Å². The zero-order valence-corrected chi connectivity index (χ0v) is 17.0. The summed E-state index contributed by atoms with van der Waals surface area (Å²) in [6.07, 6.45) is 0. The molecule has 1 aliphatic heterocycles. The Morgan fingerprint density at radius 2 is 1.83 bits per heavy atom. The van der Waals surface area contributed by atoms with Crippen LogP contribution >= 0.6 is 11.6 Å². The number of anilines is 1. The fourth-order valence-corrected chi connectivity index (χ4v) is 3.68. The molecule has 30 heavy (non-hydrogen) atoms. The maximum Gasteiger partial charge on any atom is 0.300 e. The van der Waals surface area contributed by atoms with E-state index in [-0.39, 0.29) is 11.3 Å². The lowest BCUT2D eigenvalue weighted by Gasteiger charge is -2.23. The van der Waals surface area contributed by atoms with Gasteiger partial charge in [0.2, 0.25) is 0 Å². The van der Waals surface area contributed by atoms with E-state index >= 15 is 0 Å². The topological polar surface area (TPSA) is 80.0 Å². The second-order valence-corrected chi connectivity index (χ2v) is 7.26. The van der Waals surface area contributed by atoms with Gasteiger partial charge in [0.05, 0.1) is 12.7 Å². The predicted molar refractivity (Wildman–Crippen MR) is 113 cm³/mol. The monoisotopic (exact) mass is 423 g/mol. The zero-order chi connectivity index (χ0) is 21.4. The summed E-state index contributed by atoms with van der Waals surface area (Å²) < 4.78 is 10.9. The Hall–Kier alpha value is -3.51. The van der Waals surface area contributed by atoms with Crippen molar-refractivity contribution in [1.29, 1.82) is 0 Å². The number of ketones is 1. The summed E-state index contributed by atoms with van der Waals surface area (Å²) in [5, 5.41) is 11.4. The Morgan fingerprint density at radius 1 is 1.10 bits per heavy atom. The zero-order valence-electron chi connectivity index (χ0n) is 16.3. The third-order valence-corrected chi connectivity index (χ3v) is 5.16. The molecule has 1 aliphatic rings. The minimum Gasteiger partial charge on any atom is -0.507 e. The lowest BCUT2D eigenvalue weighted by molar-refractivity contribution is -0.132. The summed E-state index contributed by atoms with van der Waals surface area (Å²) in [6.45, 7) is 1.76. The predicted octanol–water partition coefficient (Wildman–Crippen LogP) is 4.88. The van der Waals surface area contributed by atoms with Crippen LogP contribution in [0.25, 0.3) is 5.76 Å². The number of methoxy groups -OCH3 is 1. The van der Waals surface area contributed by atoms with E-state index in [1.165, 1.54) is 12.0 Å². The smallest absolute Gasteiger partial charge is 0.300 e. The Balaban J connectivity index is 1.91. The van der Waals surface area contributed by atoms with Crippen molar-refractivity contribution in [2.45, 2.75) is 13.0 Å². The Kier molecular flexibility index (Phi) is 5.10. The number of hydrogen-bond donors (Lipinski definition) is 1. The molecule has 0 bridgehead atoms. The number of rotatable bonds is 4. The number of aliphatic hydroxyl groups excluding tert-OH is 1. The van der Waals surface area contributed by atoms with Crippen LogP contribution in [0.5, 0.6) is 5.75 Å². The van der Waals surface area contributed by atoms with Gasteiger partial charge in [-0.15, -0.1) is 0 Å². The molecule has 1 atom stereocenters. The highest BCUT2D eigenvalue weighted by atomic mass is 35.5. The normalized spacial score (nSPS) is 18.1. The van der Waals surface area contributed by atoms with E-state index in [9.17, 15) is 14.7 Å². The van der Waals surface area contributed by atoms with Gasteiger partial charge in [-0.3, -0.25) is 14.5 Å². The summed E-state index contributed by atoms with van der Waals surface area (Å²) in [4.78, 5) is 27.3. The number of carbonyl (C=O) groups is 2. The second kappa shape index (κ2) is 7.72. The van der Waals surface area contributed by atoms with Crippen molar-refractivity contribution in [3.05, 3.63) is 88.3 Å². The first-order valence-corrected chi connectivity index (χ1v) is 9.56. The van der Waals surface area contributed by atoms with Crippen LogP contribution < -0.4 is 9.64 Å². The Labute approximate surface area is 177 Å². The van der Waals surface area contributed by atoms with Crippen molar-refractivity contribution in [2.24, 2.45) is 0 Å². The molecule has 0 saturated carbocycles. The molecule has 0 aliphatic carbocycles. The Morgan fingerprint density at radius 3 is 2.43 bits per heavy atom. The lowest BCUT2D eigenvalue weighted by Crippen LogP contribution is -2.29. The number of ether oxygens (including phenoxy) is 1. The quantitative estimate of drug-likeness (QED) is 0.367. The molecule has 6 nitrogen and oxygen atoms in total. The van der Waals surface area contributed by atoms with Crippen molar-refractivity contribution < 1.29 is 23.8 Å². The van der Waals surface area contributed by atoms with Crippen LogP contribution in [0.1, 0.15) is 23.1 Å². The number of halogens is 1. The maximum absolute atomic E-state index is 13.0.